The minimum absolute atomic E-state index is 0.170. The van der Waals surface area contributed by atoms with E-state index in [-0.39, 0.29) is 5.97 Å². The number of hydrogen-bond acceptors (Lipinski definition) is 4. The molecule has 20 heavy (non-hydrogen) atoms. The van der Waals surface area contributed by atoms with Crippen molar-refractivity contribution in [1.82, 2.24) is 5.32 Å². The number of benzene rings is 1. The molecule has 1 rings (SSSR count). The van der Waals surface area contributed by atoms with E-state index in [0.717, 1.165) is 23.2 Å². The number of thioether (sulfide) groups is 1. The molecule has 1 atom stereocenters. The third kappa shape index (κ3) is 5.46. The Morgan fingerprint density at radius 1 is 1.45 bits per heavy atom. The van der Waals surface area contributed by atoms with Crippen LogP contribution in [0.5, 0.6) is 0 Å². The average Bonchev–Trinajstić information content (AvgIpc) is 2.39. The third-order valence-electron chi connectivity index (χ3n) is 2.96. The van der Waals surface area contributed by atoms with Crippen molar-refractivity contribution >= 4 is 33.7 Å². The van der Waals surface area contributed by atoms with Crippen LogP contribution in [0.15, 0.2) is 33.6 Å². The van der Waals surface area contributed by atoms with Crippen LogP contribution in [0.1, 0.15) is 27.2 Å². The molecule has 0 heterocycles. The third-order valence-corrected chi connectivity index (χ3v) is 4.45. The summed E-state index contributed by atoms with van der Waals surface area (Å²) in [5.41, 5.74) is -0.607. The zero-order valence-corrected chi connectivity index (χ0v) is 14.6. The fourth-order valence-corrected chi connectivity index (χ4v) is 3.55. The minimum Gasteiger partial charge on any atom is -0.465 e. The van der Waals surface area contributed by atoms with E-state index in [2.05, 4.69) is 33.4 Å². The summed E-state index contributed by atoms with van der Waals surface area (Å²) >= 11 is 5.21. The summed E-state index contributed by atoms with van der Waals surface area (Å²) in [6.45, 7) is 6.91. The molecule has 0 aliphatic rings. The number of nitrogens with one attached hydrogen (secondary N) is 1. The summed E-state index contributed by atoms with van der Waals surface area (Å²) in [5, 5.41) is 3.24. The summed E-state index contributed by atoms with van der Waals surface area (Å²) < 4.78 is 6.23. The van der Waals surface area contributed by atoms with Crippen LogP contribution in [0, 0.1) is 0 Å². The number of halogens is 1. The summed E-state index contributed by atoms with van der Waals surface area (Å²) in [6, 6.07) is 8.18. The fourth-order valence-electron chi connectivity index (χ4n) is 1.87. The lowest BCUT2D eigenvalue weighted by Gasteiger charge is -2.27. The molecule has 1 N–H and O–H groups in total. The highest BCUT2D eigenvalue weighted by atomic mass is 79.9. The highest BCUT2D eigenvalue weighted by Gasteiger charge is 2.33. The zero-order chi connectivity index (χ0) is 15.0. The number of esters is 1. The van der Waals surface area contributed by atoms with Crippen molar-refractivity contribution in [3.05, 3.63) is 28.7 Å². The smallest absolute Gasteiger partial charge is 0.326 e. The lowest BCUT2D eigenvalue weighted by Crippen LogP contribution is -2.50. The largest absolute Gasteiger partial charge is 0.465 e. The van der Waals surface area contributed by atoms with Crippen molar-refractivity contribution < 1.29 is 9.53 Å². The van der Waals surface area contributed by atoms with E-state index < -0.39 is 5.54 Å². The molecule has 0 saturated carbocycles. The van der Waals surface area contributed by atoms with Gasteiger partial charge < -0.3 is 10.1 Å². The molecule has 1 aromatic rings. The van der Waals surface area contributed by atoms with Gasteiger partial charge in [-0.25, -0.2) is 0 Å². The lowest BCUT2D eigenvalue weighted by atomic mass is 9.99. The number of carbonyl (C=O) groups excluding carboxylic acids is 1. The predicted molar refractivity (Wildman–Crippen MR) is 88.2 cm³/mol. The van der Waals surface area contributed by atoms with Gasteiger partial charge in [0.2, 0.25) is 0 Å². The molecule has 5 heteroatoms. The van der Waals surface area contributed by atoms with Crippen LogP contribution in [0.25, 0.3) is 0 Å². The molecule has 0 aromatic heterocycles. The van der Waals surface area contributed by atoms with Crippen molar-refractivity contribution in [2.75, 3.05) is 18.9 Å². The maximum absolute atomic E-state index is 12.0. The predicted octanol–water partition coefficient (Wildman–Crippen LogP) is 3.86. The summed E-state index contributed by atoms with van der Waals surface area (Å²) in [7, 11) is 0. The molecule has 0 amide bonds. The molecule has 1 aromatic carbocycles. The topological polar surface area (TPSA) is 38.3 Å². The first kappa shape index (κ1) is 17.5. The zero-order valence-electron chi connectivity index (χ0n) is 12.2. The van der Waals surface area contributed by atoms with Crippen LogP contribution < -0.4 is 5.32 Å². The Balaban J connectivity index is 2.56. The van der Waals surface area contributed by atoms with Gasteiger partial charge in [0.25, 0.3) is 0 Å². The second-order valence-corrected chi connectivity index (χ2v) is 6.72. The molecule has 112 valence electrons. The highest BCUT2D eigenvalue weighted by Crippen LogP contribution is 2.25. The Morgan fingerprint density at radius 3 is 2.80 bits per heavy atom. The Labute approximate surface area is 134 Å². The van der Waals surface area contributed by atoms with E-state index in [9.17, 15) is 4.79 Å². The van der Waals surface area contributed by atoms with Crippen LogP contribution in [0.4, 0.5) is 0 Å². The molecule has 0 fully saturated rings. The Morgan fingerprint density at radius 2 is 2.20 bits per heavy atom. The van der Waals surface area contributed by atoms with Gasteiger partial charge in [0, 0.05) is 15.1 Å². The highest BCUT2D eigenvalue weighted by molar-refractivity contribution is 9.10. The van der Waals surface area contributed by atoms with Gasteiger partial charge in [-0.2, -0.15) is 0 Å². The van der Waals surface area contributed by atoms with Gasteiger partial charge in [0.05, 0.1) is 6.61 Å². The number of rotatable bonds is 8. The van der Waals surface area contributed by atoms with Crippen molar-refractivity contribution in [2.24, 2.45) is 0 Å². The molecule has 3 nitrogen and oxygen atoms in total. The molecule has 0 aliphatic heterocycles. The molecule has 0 radical (unpaired) electrons. The van der Waals surface area contributed by atoms with Gasteiger partial charge in [-0.1, -0.05) is 28.9 Å². The Kier molecular flexibility index (Phi) is 7.62. The average molecular weight is 360 g/mol. The number of carbonyl (C=O) groups is 1. The van der Waals surface area contributed by atoms with Crippen LogP contribution in [0.2, 0.25) is 0 Å². The second kappa shape index (κ2) is 8.70. The first-order valence-corrected chi connectivity index (χ1v) is 8.60. The van der Waals surface area contributed by atoms with Crippen molar-refractivity contribution in [3.8, 4) is 0 Å². The number of ether oxygens (including phenoxy) is 1. The monoisotopic (exact) mass is 359 g/mol. The standard InChI is InChI=1S/C15H22BrNO2S/c1-4-17-15(3,14(18)19-5-2)9-10-20-13-8-6-7-12(16)11-13/h6-8,11,17H,4-5,9-10H2,1-3H3. The first-order valence-electron chi connectivity index (χ1n) is 6.82. The quantitative estimate of drug-likeness (QED) is 0.564. The van der Waals surface area contributed by atoms with Crippen LogP contribution >= 0.6 is 27.7 Å². The van der Waals surface area contributed by atoms with Crippen molar-refractivity contribution in [3.63, 3.8) is 0 Å². The van der Waals surface area contributed by atoms with Gasteiger partial charge >= 0.3 is 5.97 Å². The number of hydrogen-bond donors (Lipinski definition) is 1. The van der Waals surface area contributed by atoms with Gasteiger partial charge in [-0.15, -0.1) is 11.8 Å². The maximum atomic E-state index is 12.0. The number of likely N-dealkylation sites (N-methyl/N-ethyl adjacent to an activating group) is 1. The van der Waals surface area contributed by atoms with Crippen molar-refractivity contribution in [1.29, 1.82) is 0 Å². The van der Waals surface area contributed by atoms with E-state index in [4.69, 9.17) is 4.74 Å². The summed E-state index contributed by atoms with van der Waals surface area (Å²) in [5.74, 6) is 0.690. The molecular formula is C15H22BrNO2S. The Bertz CT molecular complexity index is 442. The minimum atomic E-state index is -0.607. The van der Waals surface area contributed by atoms with Crippen molar-refractivity contribution in [2.45, 2.75) is 37.6 Å². The van der Waals surface area contributed by atoms with Gasteiger partial charge in [0.15, 0.2) is 0 Å². The van der Waals surface area contributed by atoms with E-state index in [0.29, 0.717) is 6.61 Å². The second-order valence-electron chi connectivity index (χ2n) is 4.64. The van der Waals surface area contributed by atoms with Gasteiger partial charge in [-0.05, 0) is 45.0 Å². The SMILES string of the molecule is CCNC(C)(CCSc1cccc(Br)c1)C(=O)OCC. The molecule has 0 aliphatic carbocycles. The molecular weight excluding hydrogens is 338 g/mol. The van der Waals surface area contributed by atoms with E-state index in [1.807, 2.05) is 32.9 Å². The van der Waals surface area contributed by atoms with Crippen LogP contribution in [-0.2, 0) is 9.53 Å². The van der Waals surface area contributed by atoms with Gasteiger partial charge in [0.1, 0.15) is 5.54 Å². The molecule has 1 unspecified atom stereocenters. The van der Waals surface area contributed by atoms with Gasteiger partial charge in [-0.3, -0.25) is 4.79 Å². The van der Waals surface area contributed by atoms with Crippen LogP contribution in [0.3, 0.4) is 0 Å². The van der Waals surface area contributed by atoms with E-state index in [1.165, 1.54) is 4.90 Å². The summed E-state index contributed by atoms with van der Waals surface area (Å²) in [6.07, 6.45) is 0.733. The molecule has 0 saturated heterocycles. The fraction of sp³-hybridized carbons (Fsp3) is 0.533. The van der Waals surface area contributed by atoms with E-state index in [1.54, 1.807) is 11.8 Å². The lowest BCUT2D eigenvalue weighted by molar-refractivity contribution is -0.150. The van der Waals surface area contributed by atoms with E-state index >= 15 is 0 Å². The maximum Gasteiger partial charge on any atom is 0.326 e. The Hall–Kier alpha value is -0.520. The van der Waals surface area contributed by atoms with Crippen LogP contribution in [-0.4, -0.2) is 30.4 Å². The normalized spacial score (nSPS) is 13.8. The first-order chi connectivity index (χ1) is 9.51. The molecule has 0 bridgehead atoms. The summed E-state index contributed by atoms with van der Waals surface area (Å²) in [4.78, 5) is 13.2. The molecule has 0 spiro atoms.